The Labute approximate surface area is 98.5 Å². The molecule has 0 radical (unpaired) electrons. The Morgan fingerprint density at radius 1 is 1.27 bits per heavy atom. The molecule has 0 unspecified atom stereocenters. The summed E-state index contributed by atoms with van der Waals surface area (Å²) in [7, 11) is 0. The Morgan fingerprint density at radius 2 is 1.73 bits per heavy atom. The molecule has 0 saturated heterocycles. The summed E-state index contributed by atoms with van der Waals surface area (Å²) in [5.41, 5.74) is -1.53. The molecular formula is C8H9BrClF3N2. The number of hydrogen-bond donors (Lipinski definition) is 0. The van der Waals surface area contributed by atoms with Crippen LogP contribution in [-0.4, -0.2) is 9.78 Å². The molecule has 2 nitrogen and oxygen atoms in total. The van der Waals surface area contributed by atoms with Crippen molar-refractivity contribution < 1.29 is 13.2 Å². The summed E-state index contributed by atoms with van der Waals surface area (Å²) in [4.78, 5) is 0. The monoisotopic (exact) mass is 304 g/mol. The van der Waals surface area contributed by atoms with Gasteiger partial charge in [0.1, 0.15) is 15.3 Å². The molecular weight excluding hydrogens is 296 g/mol. The van der Waals surface area contributed by atoms with Gasteiger partial charge in [-0.15, -0.1) is 0 Å². The summed E-state index contributed by atoms with van der Waals surface area (Å²) in [5.74, 6) is 0. The topological polar surface area (TPSA) is 17.8 Å². The summed E-state index contributed by atoms with van der Waals surface area (Å²) in [6.45, 7) is 5.16. The van der Waals surface area contributed by atoms with Crippen molar-refractivity contribution in [2.75, 3.05) is 0 Å². The molecule has 0 saturated carbocycles. The number of alkyl halides is 3. The zero-order valence-corrected chi connectivity index (χ0v) is 10.6. The molecule has 0 spiro atoms. The van der Waals surface area contributed by atoms with Crippen molar-refractivity contribution in [3.8, 4) is 0 Å². The van der Waals surface area contributed by atoms with E-state index in [0.29, 0.717) is 0 Å². The third-order valence-electron chi connectivity index (χ3n) is 1.71. The minimum Gasteiger partial charge on any atom is -0.247 e. The van der Waals surface area contributed by atoms with Gasteiger partial charge in [0.25, 0.3) is 0 Å². The number of hydrogen-bond acceptors (Lipinski definition) is 1. The molecule has 0 bridgehead atoms. The minimum absolute atomic E-state index is 0.282. The molecule has 15 heavy (non-hydrogen) atoms. The predicted molar refractivity (Wildman–Crippen MR) is 54.9 cm³/mol. The lowest BCUT2D eigenvalue weighted by molar-refractivity contribution is -0.138. The van der Waals surface area contributed by atoms with E-state index in [9.17, 15) is 13.2 Å². The maximum absolute atomic E-state index is 12.5. The fourth-order valence-electron chi connectivity index (χ4n) is 1.05. The number of halogens is 5. The lowest BCUT2D eigenvalue weighted by Gasteiger charge is -2.20. The number of aromatic nitrogens is 2. The quantitative estimate of drug-likeness (QED) is 0.706. The molecule has 1 aromatic rings. The van der Waals surface area contributed by atoms with E-state index in [1.807, 2.05) is 0 Å². The maximum Gasteiger partial charge on any atom is 0.422 e. The Balaban J connectivity index is 3.41. The van der Waals surface area contributed by atoms with Gasteiger partial charge in [-0.05, 0) is 36.7 Å². The van der Waals surface area contributed by atoms with E-state index >= 15 is 0 Å². The third-order valence-corrected chi connectivity index (χ3v) is 2.61. The van der Waals surface area contributed by atoms with E-state index < -0.39 is 22.4 Å². The van der Waals surface area contributed by atoms with E-state index in [1.165, 1.54) is 0 Å². The van der Waals surface area contributed by atoms with E-state index in [4.69, 9.17) is 11.6 Å². The van der Waals surface area contributed by atoms with Gasteiger partial charge in [0.2, 0.25) is 0 Å². The van der Waals surface area contributed by atoms with Gasteiger partial charge in [0.05, 0.1) is 5.54 Å². The first-order valence-electron chi connectivity index (χ1n) is 4.07. The Hall–Kier alpha value is -0.230. The summed E-state index contributed by atoms with van der Waals surface area (Å²) >= 11 is 8.41. The van der Waals surface area contributed by atoms with E-state index in [-0.39, 0.29) is 4.60 Å². The normalized spacial score (nSPS) is 13.3. The molecule has 1 heterocycles. The van der Waals surface area contributed by atoms with Gasteiger partial charge in [-0.1, -0.05) is 11.6 Å². The second kappa shape index (κ2) is 3.66. The van der Waals surface area contributed by atoms with Crippen LogP contribution in [0.15, 0.2) is 4.60 Å². The van der Waals surface area contributed by atoms with Gasteiger partial charge in [-0.2, -0.15) is 18.3 Å². The van der Waals surface area contributed by atoms with E-state index in [1.54, 1.807) is 20.8 Å². The molecule has 0 amide bonds. The highest BCUT2D eigenvalue weighted by molar-refractivity contribution is 9.10. The van der Waals surface area contributed by atoms with Crippen LogP contribution in [0.1, 0.15) is 26.3 Å². The summed E-state index contributed by atoms with van der Waals surface area (Å²) < 4.78 is 38.5. The molecule has 0 aliphatic heterocycles. The highest BCUT2D eigenvalue weighted by Crippen LogP contribution is 2.40. The molecule has 7 heteroatoms. The number of nitrogens with zero attached hydrogens (tertiary/aromatic N) is 2. The van der Waals surface area contributed by atoms with Crippen LogP contribution in [-0.2, 0) is 11.7 Å². The lowest BCUT2D eigenvalue weighted by atomic mass is 10.1. The van der Waals surface area contributed by atoms with E-state index in [0.717, 1.165) is 4.68 Å². The first-order valence-corrected chi connectivity index (χ1v) is 5.24. The average Bonchev–Trinajstić information content (AvgIpc) is 2.22. The average molecular weight is 306 g/mol. The fourth-order valence-corrected chi connectivity index (χ4v) is 2.22. The zero-order chi connectivity index (χ0) is 12.0. The van der Waals surface area contributed by atoms with Crippen LogP contribution in [0, 0.1) is 0 Å². The van der Waals surface area contributed by atoms with Crippen molar-refractivity contribution in [2.45, 2.75) is 32.5 Å². The molecule has 0 atom stereocenters. The second-order valence-corrected chi connectivity index (χ2v) is 5.15. The van der Waals surface area contributed by atoms with Crippen LogP contribution in [0.2, 0.25) is 5.15 Å². The largest absolute Gasteiger partial charge is 0.422 e. The highest BCUT2D eigenvalue weighted by atomic mass is 79.9. The van der Waals surface area contributed by atoms with Gasteiger partial charge >= 0.3 is 6.18 Å². The fraction of sp³-hybridized carbons (Fsp3) is 0.625. The third kappa shape index (κ3) is 2.47. The van der Waals surface area contributed by atoms with Crippen molar-refractivity contribution in [2.24, 2.45) is 0 Å². The molecule has 0 fully saturated rings. The van der Waals surface area contributed by atoms with Crippen LogP contribution in [0.5, 0.6) is 0 Å². The second-order valence-electron chi connectivity index (χ2n) is 4.04. The van der Waals surface area contributed by atoms with Crippen molar-refractivity contribution in [3.05, 3.63) is 15.3 Å². The van der Waals surface area contributed by atoms with Gasteiger partial charge in [-0.25, -0.2) is 4.68 Å². The zero-order valence-electron chi connectivity index (χ0n) is 8.28. The summed E-state index contributed by atoms with van der Waals surface area (Å²) in [6, 6.07) is 0. The van der Waals surface area contributed by atoms with Crippen LogP contribution < -0.4 is 0 Å². The number of rotatable bonds is 0. The van der Waals surface area contributed by atoms with Crippen LogP contribution >= 0.6 is 27.5 Å². The molecule has 1 rings (SSSR count). The molecule has 0 N–H and O–H groups in total. The van der Waals surface area contributed by atoms with Gasteiger partial charge < -0.3 is 0 Å². The Morgan fingerprint density at radius 3 is 1.93 bits per heavy atom. The SMILES string of the molecule is CC(C)(C)n1nc(Br)c(C(F)(F)F)c1Cl. The Bertz CT molecular complexity index is 378. The van der Waals surface area contributed by atoms with Gasteiger partial charge in [-0.3, -0.25) is 0 Å². The van der Waals surface area contributed by atoms with Crippen molar-refractivity contribution in [1.29, 1.82) is 0 Å². The van der Waals surface area contributed by atoms with Gasteiger partial charge in [0.15, 0.2) is 0 Å². The minimum atomic E-state index is -4.50. The Kier molecular flexibility index (Phi) is 3.13. The first kappa shape index (κ1) is 12.8. The van der Waals surface area contributed by atoms with Crippen LogP contribution in [0.25, 0.3) is 0 Å². The van der Waals surface area contributed by atoms with E-state index in [2.05, 4.69) is 21.0 Å². The molecule has 0 aliphatic rings. The predicted octanol–water partition coefficient (Wildman–Crippen LogP) is 4.07. The molecule has 1 aromatic heterocycles. The molecule has 86 valence electrons. The summed E-state index contributed by atoms with van der Waals surface area (Å²) in [6.07, 6.45) is -4.50. The molecule has 0 aliphatic carbocycles. The highest BCUT2D eigenvalue weighted by Gasteiger charge is 2.40. The standard InChI is InChI=1S/C8H9BrClF3N2/c1-7(2,3)15-6(10)4(5(9)14-15)8(11,12)13/h1-3H3. The van der Waals surface area contributed by atoms with Crippen LogP contribution in [0.4, 0.5) is 13.2 Å². The van der Waals surface area contributed by atoms with Gasteiger partial charge in [0, 0.05) is 0 Å². The van der Waals surface area contributed by atoms with Crippen molar-refractivity contribution in [1.82, 2.24) is 9.78 Å². The smallest absolute Gasteiger partial charge is 0.247 e. The maximum atomic E-state index is 12.5. The molecule has 0 aromatic carbocycles. The van der Waals surface area contributed by atoms with Crippen molar-refractivity contribution >= 4 is 27.5 Å². The first-order chi connectivity index (χ1) is 6.55. The summed E-state index contributed by atoms with van der Waals surface area (Å²) in [5, 5.41) is 3.33. The van der Waals surface area contributed by atoms with Crippen molar-refractivity contribution in [3.63, 3.8) is 0 Å². The van der Waals surface area contributed by atoms with Crippen LogP contribution in [0.3, 0.4) is 0 Å². The lowest BCUT2D eigenvalue weighted by Crippen LogP contribution is -2.23.